The van der Waals surface area contributed by atoms with Crippen molar-refractivity contribution in [2.24, 2.45) is 0 Å². The lowest BCUT2D eigenvalue weighted by Crippen LogP contribution is -2.30. The third-order valence-corrected chi connectivity index (χ3v) is 4.25. The zero-order valence-corrected chi connectivity index (χ0v) is 10.2. The van der Waals surface area contributed by atoms with Gasteiger partial charge in [0.2, 0.25) is 0 Å². The Kier molecular flexibility index (Phi) is 4.75. The molecule has 3 nitrogen and oxygen atoms in total. The number of hydrogen-bond acceptors (Lipinski definition) is 4. The van der Waals surface area contributed by atoms with Gasteiger partial charge in [-0.25, -0.2) is 0 Å². The van der Waals surface area contributed by atoms with E-state index >= 15 is 0 Å². The normalized spacial score (nSPS) is 23.2. The summed E-state index contributed by atoms with van der Waals surface area (Å²) in [5.41, 5.74) is 0. The van der Waals surface area contributed by atoms with Crippen LogP contribution >= 0.6 is 11.8 Å². The van der Waals surface area contributed by atoms with E-state index < -0.39 is 6.10 Å². The van der Waals surface area contributed by atoms with Crippen molar-refractivity contribution in [1.29, 1.82) is 0 Å². The van der Waals surface area contributed by atoms with Gasteiger partial charge in [-0.3, -0.25) is 0 Å². The van der Waals surface area contributed by atoms with Crippen molar-refractivity contribution < 1.29 is 9.52 Å². The molecule has 0 spiro atoms. The topological polar surface area (TPSA) is 45.4 Å². The molecule has 0 saturated carbocycles. The number of hydrogen-bond donors (Lipinski definition) is 2. The Morgan fingerprint density at radius 3 is 3.19 bits per heavy atom. The molecule has 0 bridgehead atoms. The van der Waals surface area contributed by atoms with Crippen LogP contribution in [0.25, 0.3) is 0 Å². The first kappa shape index (κ1) is 12.0. The predicted octanol–water partition coefficient (Wildman–Crippen LogP) is 2.19. The van der Waals surface area contributed by atoms with Gasteiger partial charge in [-0.05, 0) is 30.7 Å². The van der Waals surface area contributed by atoms with Crippen molar-refractivity contribution in [3.8, 4) is 0 Å². The molecule has 1 aromatic heterocycles. The van der Waals surface area contributed by atoms with Crippen LogP contribution in [0, 0.1) is 0 Å². The molecule has 2 heterocycles. The van der Waals surface area contributed by atoms with Crippen molar-refractivity contribution in [3.63, 3.8) is 0 Å². The monoisotopic (exact) mass is 241 g/mol. The quantitative estimate of drug-likeness (QED) is 0.829. The number of thioether (sulfide) groups is 1. The lowest BCUT2D eigenvalue weighted by molar-refractivity contribution is 0.147. The van der Waals surface area contributed by atoms with Crippen LogP contribution < -0.4 is 5.32 Å². The maximum absolute atomic E-state index is 9.78. The van der Waals surface area contributed by atoms with Gasteiger partial charge < -0.3 is 14.8 Å². The third-order valence-electron chi connectivity index (χ3n) is 2.86. The molecule has 0 aliphatic carbocycles. The number of nitrogens with one attached hydrogen (secondary N) is 1. The Hall–Kier alpha value is -0.450. The molecule has 2 rings (SSSR count). The summed E-state index contributed by atoms with van der Waals surface area (Å²) in [5.74, 6) is 1.93. The number of furan rings is 1. The van der Waals surface area contributed by atoms with E-state index in [1.54, 1.807) is 12.3 Å². The highest BCUT2D eigenvalue weighted by Gasteiger charge is 2.15. The minimum Gasteiger partial charge on any atom is -0.467 e. The predicted molar refractivity (Wildman–Crippen MR) is 66.6 cm³/mol. The lowest BCUT2D eigenvalue weighted by atomic mass is 10.2. The van der Waals surface area contributed by atoms with Crippen molar-refractivity contribution in [2.45, 2.75) is 30.6 Å². The second-order valence-electron chi connectivity index (χ2n) is 4.18. The highest BCUT2D eigenvalue weighted by atomic mass is 32.2. The fourth-order valence-corrected chi connectivity index (χ4v) is 3.20. The molecule has 0 aromatic carbocycles. The molecule has 0 amide bonds. The molecule has 90 valence electrons. The highest BCUT2D eigenvalue weighted by molar-refractivity contribution is 7.99. The summed E-state index contributed by atoms with van der Waals surface area (Å²) in [7, 11) is 0. The van der Waals surface area contributed by atoms with E-state index in [9.17, 15) is 5.11 Å². The molecular formula is C12H19NO2S. The number of aliphatic hydroxyl groups is 1. The first-order chi connectivity index (χ1) is 7.86. The van der Waals surface area contributed by atoms with Gasteiger partial charge in [-0.2, -0.15) is 11.8 Å². The Labute approximate surface area is 101 Å². The van der Waals surface area contributed by atoms with Crippen LogP contribution in [0.2, 0.25) is 0 Å². The van der Waals surface area contributed by atoms with Gasteiger partial charge in [0.25, 0.3) is 0 Å². The van der Waals surface area contributed by atoms with E-state index in [1.807, 2.05) is 17.8 Å². The van der Waals surface area contributed by atoms with Crippen molar-refractivity contribution in [1.82, 2.24) is 5.32 Å². The molecule has 1 fully saturated rings. The van der Waals surface area contributed by atoms with Crippen molar-refractivity contribution in [3.05, 3.63) is 24.2 Å². The van der Waals surface area contributed by atoms with Crippen molar-refractivity contribution in [2.75, 3.05) is 18.8 Å². The van der Waals surface area contributed by atoms with E-state index in [0.29, 0.717) is 12.3 Å². The highest BCUT2D eigenvalue weighted by Crippen LogP contribution is 2.24. The molecule has 1 aromatic rings. The summed E-state index contributed by atoms with van der Waals surface area (Å²) < 4.78 is 5.14. The number of aliphatic hydroxyl groups excluding tert-OH is 1. The smallest absolute Gasteiger partial charge is 0.133 e. The fourth-order valence-electron chi connectivity index (χ4n) is 1.93. The minimum atomic E-state index is -0.524. The molecule has 16 heavy (non-hydrogen) atoms. The molecular weight excluding hydrogens is 222 g/mol. The van der Waals surface area contributed by atoms with Crippen LogP contribution in [0.3, 0.4) is 0 Å². The molecule has 4 heteroatoms. The van der Waals surface area contributed by atoms with Crippen LogP contribution in [0.15, 0.2) is 22.8 Å². The summed E-state index contributed by atoms with van der Waals surface area (Å²) in [6.45, 7) is 1.56. The molecule has 2 atom stereocenters. The molecule has 1 aliphatic heterocycles. The molecule has 1 saturated heterocycles. The van der Waals surface area contributed by atoms with E-state index in [1.165, 1.54) is 25.0 Å². The molecule has 0 radical (unpaired) electrons. The van der Waals surface area contributed by atoms with Gasteiger partial charge in [-0.15, -0.1) is 0 Å². The van der Waals surface area contributed by atoms with E-state index in [4.69, 9.17) is 4.42 Å². The fraction of sp³-hybridized carbons (Fsp3) is 0.667. The largest absolute Gasteiger partial charge is 0.467 e. The SMILES string of the molecule is OC(CNCC1CCCCS1)c1ccco1. The Bertz CT molecular complexity index is 283. The van der Waals surface area contributed by atoms with E-state index in [0.717, 1.165) is 11.8 Å². The second-order valence-corrected chi connectivity index (χ2v) is 5.59. The maximum atomic E-state index is 9.78. The van der Waals surface area contributed by atoms with Crippen LogP contribution in [0.5, 0.6) is 0 Å². The Morgan fingerprint density at radius 2 is 2.50 bits per heavy atom. The van der Waals surface area contributed by atoms with Gasteiger partial charge in [0, 0.05) is 18.3 Å². The van der Waals surface area contributed by atoms with Gasteiger partial charge in [0.1, 0.15) is 11.9 Å². The number of rotatable bonds is 5. The van der Waals surface area contributed by atoms with Crippen LogP contribution in [-0.4, -0.2) is 29.2 Å². The average Bonchev–Trinajstić information content (AvgIpc) is 2.84. The average molecular weight is 241 g/mol. The Morgan fingerprint density at radius 1 is 1.56 bits per heavy atom. The first-order valence-corrected chi connectivity index (χ1v) is 6.95. The van der Waals surface area contributed by atoms with E-state index in [2.05, 4.69) is 5.32 Å². The van der Waals surface area contributed by atoms with E-state index in [-0.39, 0.29) is 0 Å². The maximum Gasteiger partial charge on any atom is 0.133 e. The summed E-state index contributed by atoms with van der Waals surface area (Å²) in [6.07, 6.45) is 5.07. The standard InChI is InChI=1S/C12H19NO2S/c14-11(12-5-3-6-15-12)9-13-8-10-4-1-2-7-16-10/h3,5-6,10-11,13-14H,1-2,4,7-9H2. The first-order valence-electron chi connectivity index (χ1n) is 5.90. The zero-order chi connectivity index (χ0) is 11.2. The summed E-state index contributed by atoms with van der Waals surface area (Å²) in [5, 5.41) is 13.8. The van der Waals surface area contributed by atoms with Gasteiger partial charge in [0.15, 0.2) is 0 Å². The van der Waals surface area contributed by atoms with Gasteiger partial charge >= 0.3 is 0 Å². The Balaban J connectivity index is 1.63. The van der Waals surface area contributed by atoms with Crippen LogP contribution in [0.1, 0.15) is 31.1 Å². The molecule has 2 unspecified atom stereocenters. The van der Waals surface area contributed by atoms with Crippen LogP contribution in [0.4, 0.5) is 0 Å². The molecule has 2 N–H and O–H groups in total. The zero-order valence-electron chi connectivity index (χ0n) is 9.39. The lowest BCUT2D eigenvalue weighted by Gasteiger charge is -2.22. The van der Waals surface area contributed by atoms with Crippen LogP contribution in [-0.2, 0) is 0 Å². The minimum absolute atomic E-state index is 0.524. The summed E-state index contributed by atoms with van der Waals surface area (Å²) in [4.78, 5) is 0. The summed E-state index contributed by atoms with van der Waals surface area (Å²) in [6, 6.07) is 3.61. The summed E-state index contributed by atoms with van der Waals surface area (Å²) >= 11 is 2.04. The molecule has 1 aliphatic rings. The second kappa shape index (κ2) is 6.33. The van der Waals surface area contributed by atoms with Crippen molar-refractivity contribution >= 4 is 11.8 Å². The van der Waals surface area contributed by atoms with Gasteiger partial charge in [0.05, 0.1) is 6.26 Å². The third kappa shape index (κ3) is 3.54. The van der Waals surface area contributed by atoms with Gasteiger partial charge in [-0.1, -0.05) is 6.42 Å².